The molecule has 132 valence electrons. The Morgan fingerprint density at radius 1 is 1.31 bits per heavy atom. The number of hydrogen-bond donors (Lipinski definition) is 2. The summed E-state index contributed by atoms with van der Waals surface area (Å²) in [5.74, 6) is -1.97. The number of nitrogens with zero attached hydrogens (tertiary/aromatic N) is 2. The maximum Gasteiger partial charge on any atom is 0.342 e. The van der Waals surface area contributed by atoms with E-state index in [1.165, 1.54) is 24.3 Å². The molecule has 0 radical (unpaired) electrons. The first-order valence-corrected chi connectivity index (χ1v) is 7.75. The molecule has 0 heterocycles. The number of phenols is 1. The van der Waals surface area contributed by atoms with E-state index >= 15 is 0 Å². The first kappa shape index (κ1) is 18.9. The number of ether oxygens (including phenoxy) is 1. The monoisotopic (exact) mass is 419 g/mol. The highest BCUT2D eigenvalue weighted by molar-refractivity contribution is 9.10. The number of non-ortho nitro benzene ring substituents is 1. The van der Waals surface area contributed by atoms with Crippen LogP contribution in [0.5, 0.6) is 5.75 Å². The van der Waals surface area contributed by atoms with Crippen LogP contribution in [0.25, 0.3) is 0 Å². The van der Waals surface area contributed by atoms with E-state index in [1.807, 2.05) is 0 Å². The van der Waals surface area contributed by atoms with Crippen LogP contribution in [0.3, 0.4) is 0 Å². The van der Waals surface area contributed by atoms with Crippen molar-refractivity contribution in [3.8, 4) is 11.8 Å². The highest BCUT2D eigenvalue weighted by Gasteiger charge is 2.16. The number of nitrogens with one attached hydrogen (secondary N) is 1. The molecular formula is C16H10BrN3O6. The molecule has 2 aromatic rings. The molecule has 0 unspecified atom stereocenters. The Bertz CT molecular complexity index is 938. The zero-order chi connectivity index (χ0) is 19.3. The van der Waals surface area contributed by atoms with Gasteiger partial charge in [-0.1, -0.05) is 15.9 Å². The van der Waals surface area contributed by atoms with Crippen molar-refractivity contribution in [2.45, 2.75) is 0 Å². The number of nitro benzene ring substituents is 1. The van der Waals surface area contributed by atoms with Crippen LogP contribution in [0.15, 0.2) is 40.9 Å². The highest BCUT2D eigenvalue weighted by atomic mass is 79.9. The number of carbonyl (C=O) groups is 2. The Balaban J connectivity index is 2.03. The van der Waals surface area contributed by atoms with E-state index in [0.717, 1.165) is 12.1 Å². The lowest BCUT2D eigenvalue weighted by Gasteiger charge is -2.09. The van der Waals surface area contributed by atoms with E-state index in [9.17, 15) is 24.8 Å². The van der Waals surface area contributed by atoms with Crippen molar-refractivity contribution in [1.29, 1.82) is 5.26 Å². The second-order valence-electron chi connectivity index (χ2n) is 4.88. The number of nitriles is 1. The fourth-order valence-corrected chi connectivity index (χ4v) is 2.28. The van der Waals surface area contributed by atoms with E-state index in [4.69, 9.17) is 10.00 Å². The summed E-state index contributed by atoms with van der Waals surface area (Å²) in [6.07, 6.45) is 0. The Morgan fingerprint density at radius 3 is 2.69 bits per heavy atom. The molecule has 0 aliphatic heterocycles. The molecule has 2 rings (SSSR count). The first-order chi connectivity index (χ1) is 12.3. The summed E-state index contributed by atoms with van der Waals surface area (Å²) in [6, 6.07) is 9.23. The van der Waals surface area contributed by atoms with Crippen LogP contribution in [-0.4, -0.2) is 28.5 Å². The van der Waals surface area contributed by atoms with Gasteiger partial charge in [-0.25, -0.2) is 4.79 Å². The highest BCUT2D eigenvalue weighted by Crippen LogP contribution is 2.23. The van der Waals surface area contributed by atoms with Gasteiger partial charge in [-0.05, 0) is 24.3 Å². The summed E-state index contributed by atoms with van der Waals surface area (Å²) in [6.45, 7) is -0.674. The van der Waals surface area contributed by atoms with Crippen molar-refractivity contribution in [2.75, 3.05) is 11.9 Å². The molecule has 9 nitrogen and oxygen atoms in total. The third-order valence-corrected chi connectivity index (χ3v) is 3.61. The lowest BCUT2D eigenvalue weighted by Crippen LogP contribution is -2.21. The molecular weight excluding hydrogens is 410 g/mol. The molecule has 0 fully saturated rings. The smallest absolute Gasteiger partial charge is 0.342 e. The van der Waals surface area contributed by atoms with Crippen molar-refractivity contribution in [3.05, 3.63) is 62.1 Å². The summed E-state index contributed by atoms with van der Waals surface area (Å²) in [5.41, 5.74) is -0.482. The quantitative estimate of drug-likeness (QED) is 0.430. The molecule has 0 saturated heterocycles. The number of phenolic OH excluding ortho intramolecular Hbond substituents is 1. The molecule has 0 aromatic heterocycles. The Morgan fingerprint density at radius 2 is 2.04 bits per heavy atom. The number of hydrogen-bond acceptors (Lipinski definition) is 7. The standard InChI is InChI=1S/C16H10BrN3O6/c17-10-1-4-14(21)12(6-10)16(23)26-8-15(22)19-13-3-2-11(20(24)25)5-9(13)7-18/h1-6,21H,8H2,(H,19,22). The molecule has 0 bridgehead atoms. The Kier molecular flexibility index (Phi) is 5.87. The number of carbonyl (C=O) groups excluding carboxylic acids is 2. The molecule has 0 spiro atoms. The van der Waals surface area contributed by atoms with Crippen LogP contribution in [0.4, 0.5) is 11.4 Å². The zero-order valence-corrected chi connectivity index (χ0v) is 14.5. The number of amides is 1. The minimum atomic E-state index is -0.914. The predicted molar refractivity (Wildman–Crippen MR) is 92.5 cm³/mol. The molecule has 0 saturated carbocycles. The summed E-state index contributed by atoms with van der Waals surface area (Å²) >= 11 is 3.14. The summed E-state index contributed by atoms with van der Waals surface area (Å²) in [7, 11) is 0. The zero-order valence-electron chi connectivity index (χ0n) is 12.9. The van der Waals surface area contributed by atoms with Crippen LogP contribution < -0.4 is 5.32 Å². The SMILES string of the molecule is N#Cc1cc([N+](=O)[O-])ccc1NC(=O)COC(=O)c1cc(Br)ccc1O. The van der Waals surface area contributed by atoms with Crippen LogP contribution in [-0.2, 0) is 9.53 Å². The molecule has 0 aliphatic carbocycles. The number of anilines is 1. The van der Waals surface area contributed by atoms with Gasteiger partial charge in [0.15, 0.2) is 6.61 Å². The van der Waals surface area contributed by atoms with Gasteiger partial charge in [0.2, 0.25) is 0 Å². The van der Waals surface area contributed by atoms with Crippen molar-refractivity contribution >= 4 is 39.2 Å². The Hall–Kier alpha value is -3.45. The maximum absolute atomic E-state index is 11.9. The minimum Gasteiger partial charge on any atom is -0.507 e. The summed E-state index contributed by atoms with van der Waals surface area (Å²) < 4.78 is 5.35. The minimum absolute atomic E-state index is 0.0458. The number of benzene rings is 2. The summed E-state index contributed by atoms with van der Waals surface area (Å²) in [4.78, 5) is 33.8. The van der Waals surface area contributed by atoms with Crippen molar-refractivity contribution in [1.82, 2.24) is 0 Å². The maximum atomic E-state index is 11.9. The van der Waals surface area contributed by atoms with E-state index in [-0.39, 0.29) is 28.3 Å². The fourth-order valence-electron chi connectivity index (χ4n) is 1.91. The lowest BCUT2D eigenvalue weighted by molar-refractivity contribution is -0.384. The average Bonchev–Trinajstić information content (AvgIpc) is 2.61. The molecule has 0 atom stereocenters. The normalized spacial score (nSPS) is 9.85. The second-order valence-corrected chi connectivity index (χ2v) is 5.80. The number of halogens is 1. The van der Waals surface area contributed by atoms with Crippen LogP contribution in [0.2, 0.25) is 0 Å². The average molecular weight is 420 g/mol. The van der Waals surface area contributed by atoms with Crippen LogP contribution in [0, 0.1) is 21.4 Å². The molecule has 10 heteroatoms. The largest absolute Gasteiger partial charge is 0.507 e. The van der Waals surface area contributed by atoms with Crippen molar-refractivity contribution in [2.24, 2.45) is 0 Å². The third-order valence-electron chi connectivity index (χ3n) is 3.12. The molecule has 2 aromatic carbocycles. The van der Waals surface area contributed by atoms with Gasteiger partial charge in [0.05, 0.1) is 16.2 Å². The lowest BCUT2D eigenvalue weighted by atomic mass is 10.1. The van der Waals surface area contributed by atoms with E-state index in [1.54, 1.807) is 6.07 Å². The number of aromatic hydroxyl groups is 1. The van der Waals surface area contributed by atoms with Gasteiger partial charge in [-0.2, -0.15) is 5.26 Å². The number of nitro groups is 1. The van der Waals surface area contributed by atoms with Gasteiger partial charge in [0, 0.05) is 16.6 Å². The van der Waals surface area contributed by atoms with Crippen molar-refractivity contribution in [3.63, 3.8) is 0 Å². The van der Waals surface area contributed by atoms with Gasteiger partial charge >= 0.3 is 5.97 Å². The van der Waals surface area contributed by atoms with E-state index in [0.29, 0.717) is 4.47 Å². The van der Waals surface area contributed by atoms with Gasteiger partial charge in [0.25, 0.3) is 11.6 Å². The molecule has 1 amide bonds. The summed E-state index contributed by atoms with van der Waals surface area (Å²) in [5, 5.41) is 31.7. The molecule has 26 heavy (non-hydrogen) atoms. The van der Waals surface area contributed by atoms with E-state index in [2.05, 4.69) is 21.2 Å². The molecule has 2 N–H and O–H groups in total. The number of esters is 1. The second kappa shape index (κ2) is 8.09. The van der Waals surface area contributed by atoms with Crippen LogP contribution >= 0.6 is 15.9 Å². The van der Waals surface area contributed by atoms with Gasteiger partial charge in [-0.15, -0.1) is 0 Å². The fraction of sp³-hybridized carbons (Fsp3) is 0.0625. The third kappa shape index (κ3) is 4.55. The topological polar surface area (TPSA) is 143 Å². The first-order valence-electron chi connectivity index (χ1n) is 6.96. The van der Waals surface area contributed by atoms with Crippen molar-refractivity contribution < 1.29 is 24.4 Å². The van der Waals surface area contributed by atoms with Gasteiger partial charge in [0.1, 0.15) is 17.4 Å². The van der Waals surface area contributed by atoms with E-state index < -0.39 is 23.4 Å². The Labute approximate surface area is 155 Å². The van der Waals surface area contributed by atoms with Crippen LogP contribution in [0.1, 0.15) is 15.9 Å². The molecule has 0 aliphatic rings. The van der Waals surface area contributed by atoms with Gasteiger partial charge < -0.3 is 15.2 Å². The number of rotatable bonds is 5. The van der Waals surface area contributed by atoms with Gasteiger partial charge in [-0.3, -0.25) is 14.9 Å². The predicted octanol–water partition coefficient (Wildman–Crippen LogP) is 2.73.